The quantitative estimate of drug-likeness (QED) is 0.396. The smallest absolute Gasteiger partial charge is 0.282 e. The highest BCUT2D eigenvalue weighted by Crippen LogP contribution is 2.34. The van der Waals surface area contributed by atoms with Crippen molar-refractivity contribution in [1.82, 2.24) is 15.0 Å². The number of fused-ring (bicyclic) bond motifs is 1. The van der Waals surface area contributed by atoms with Gasteiger partial charge in [-0.25, -0.2) is 0 Å². The zero-order valence-electron chi connectivity index (χ0n) is 14.5. The predicted octanol–water partition coefficient (Wildman–Crippen LogP) is 4.68. The average molecular weight is 503 g/mol. The molecule has 0 bridgehead atoms. The third kappa shape index (κ3) is 3.29. The molecule has 2 N–H and O–H groups in total. The molecule has 6 nitrogen and oxygen atoms in total. The van der Waals surface area contributed by atoms with Crippen LogP contribution in [0.25, 0.3) is 22.2 Å². The molecule has 0 saturated heterocycles. The molecule has 8 heteroatoms. The Labute approximate surface area is 176 Å². The summed E-state index contributed by atoms with van der Waals surface area (Å²) >= 11 is 6.93. The number of H-pyrrole nitrogens is 2. The third-order valence-electron chi connectivity index (χ3n) is 4.34. The van der Waals surface area contributed by atoms with Crippen molar-refractivity contribution < 1.29 is 9.53 Å². The van der Waals surface area contributed by atoms with Gasteiger partial charge in [-0.3, -0.25) is 9.59 Å². The van der Waals surface area contributed by atoms with Crippen molar-refractivity contribution in [1.29, 1.82) is 0 Å². The number of nitrogens with one attached hydrogen (secondary N) is 2. The number of methoxy groups -OCH3 is 1. The standard InChI is InChI=1S/C20H13Br2N3O3/c1-28-14-4-2-10(3-5-14)18(26)17-15(11-6-12(21)8-13(22)7-11)16-19(25-17)23-9-24-20(16)27/h2-9H,1H3,(H2,23,24,25,27). The minimum absolute atomic E-state index is 0.238. The number of ketones is 1. The van der Waals surface area contributed by atoms with E-state index in [0.717, 1.165) is 8.95 Å². The summed E-state index contributed by atoms with van der Waals surface area (Å²) in [6.07, 6.45) is 1.31. The van der Waals surface area contributed by atoms with E-state index in [-0.39, 0.29) is 5.78 Å². The summed E-state index contributed by atoms with van der Waals surface area (Å²) in [5.41, 5.74) is 2.04. The summed E-state index contributed by atoms with van der Waals surface area (Å²) in [6.45, 7) is 0. The van der Waals surface area contributed by atoms with Crippen LogP contribution >= 0.6 is 31.9 Å². The maximum atomic E-state index is 13.3. The zero-order valence-corrected chi connectivity index (χ0v) is 17.7. The molecule has 28 heavy (non-hydrogen) atoms. The van der Waals surface area contributed by atoms with Crippen LogP contribution < -0.4 is 10.3 Å². The Morgan fingerprint density at radius 1 is 1.07 bits per heavy atom. The first-order valence-corrected chi connectivity index (χ1v) is 9.81. The Morgan fingerprint density at radius 2 is 1.75 bits per heavy atom. The number of carbonyl (C=O) groups is 1. The van der Waals surface area contributed by atoms with E-state index < -0.39 is 5.56 Å². The minimum Gasteiger partial charge on any atom is -0.497 e. The second-order valence-corrected chi connectivity index (χ2v) is 7.88. The average Bonchev–Trinajstić information content (AvgIpc) is 3.08. The van der Waals surface area contributed by atoms with Gasteiger partial charge in [-0.1, -0.05) is 31.9 Å². The molecule has 0 aliphatic carbocycles. The van der Waals surface area contributed by atoms with Crippen LogP contribution in [-0.2, 0) is 0 Å². The van der Waals surface area contributed by atoms with Crippen LogP contribution in [0.2, 0.25) is 0 Å². The highest BCUT2D eigenvalue weighted by molar-refractivity contribution is 9.11. The van der Waals surface area contributed by atoms with Crippen molar-refractivity contribution in [3.05, 3.63) is 79.3 Å². The normalized spacial score (nSPS) is 11.0. The summed E-state index contributed by atoms with van der Waals surface area (Å²) in [5, 5.41) is 0.337. The summed E-state index contributed by atoms with van der Waals surface area (Å²) in [5.74, 6) is 0.418. The van der Waals surface area contributed by atoms with E-state index in [0.29, 0.717) is 39.2 Å². The van der Waals surface area contributed by atoms with E-state index in [2.05, 4.69) is 46.8 Å². The number of hydrogen-bond acceptors (Lipinski definition) is 4. The van der Waals surface area contributed by atoms with Crippen molar-refractivity contribution in [2.24, 2.45) is 0 Å². The molecule has 0 saturated carbocycles. The van der Waals surface area contributed by atoms with Gasteiger partial charge in [-0.15, -0.1) is 0 Å². The number of halogens is 2. The number of aromatic nitrogens is 3. The fourth-order valence-electron chi connectivity index (χ4n) is 3.09. The maximum Gasteiger partial charge on any atom is 0.282 e. The van der Waals surface area contributed by atoms with E-state index in [4.69, 9.17) is 4.74 Å². The van der Waals surface area contributed by atoms with E-state index in [1.807, 2.05) is 18.2 Å². The van der Waals surface area contributed by atoms with Crippen LogP contribution in [0.4, 0.5) is 0 Å². The minimum atomic E-state index is -0.412. The lowest BCUT2D eigenvalue weighted by Gasteiger charge is -2.07. The van der Waals surface area contributed by atoms with Crippen molar-refractivity contribution in [3.8, 4) is 16.9 Å². The molecule has 2 aromatic heterocycles. The lowest BCUT2D eigenvalue weighted by molar-refractivity contribution is 0.103. The molecule has 0 unspecified atom stereocenters. The van der Waals surface area contributed by atoms with Crippen LogP contribution in [0, 0.1) is 0 Å². The molecule has 2 aromatic carbocycles. The lowest BCUT2D eigenvalue weighted by Crippen LogP contribution is -2.07. The van der Waals surface area contributed by atoms with E-state index >= 15 is 0 Å². The number of nitrogens with zero attached hydrogens (tertiary/aromatic N) is 1. The van der Waals surface area contributed by atoms with Crippen LogP contribution in [-0.4, -0.2) is 27.8 Å². The first-order chi connectivity index (χ1) is 13.5. The van der Waals surface area contributed by atoms with Gasteiger partial charge < -0.3 is 14.7 Å². The largest absolute Gasteiger partial charge is 0.497 e. The molecular weight excluding hydrogens is 490 g/mol. The number of ether oxygens (including phenoxy) is 1. The molecule has 0 aliphatic rings. The molecule has 140 valence electrons. The van der Waals surface area contributed by atoms with E-state index in [1.54, 1.807) is 31.4 Å². The van der Waals surface area contributed by atoms with Gasteiger partial charge in [0.1, 0.15) is 11.4 Å². The van der Waals surface area contributed by atoms with Gasteiger partial charge in [0.15, 0.2) is 0 Å². The van der Waals surface area contributed by atoms with Crippen LogP contribution in [0.1, 0.15) is 16.1 Å². The van der Waals surface area contributed by atoms with Crippen LogP contribution in [0.5, 0.6) is 5.75 Å². The van der Waals surface area contributed by atoms with Gasteiger partial charge in [0.2, 0.25) is 5.78 Å². The Bertz CT molecular complexity index is 1240. The van der Waals surface area contributed by atoms with E-state index in [1.165, 1.54) is 6.33 Å². The summed E-state index contributed by atoms with van der Waals surface area (Å²) in [4.78, 5) is 35.6. The Morgan fingerprint density at radius 3 is 2.39 bits per heavy atom. The molecule has 2 heterocycles. The van der Waals surface area contributed by atoms with Gasteiger partial charge in [0.05, 0.1) is 24.5 Å². The van der Waals surface area contributed by atoms with Crippen molar-refractivity contribution >= 4 is 48.7 Å². The fraction of sp³-hybridized carbons (Fsp3) is 0.0500. The van der Waals surface area contributed by atoms with Crippen molar-refractivity contribution in [3.63, 3.8) is 0 Å². The summed E-state index contributed by atoms with van der Waals surface area (Å²) in [6, 6.07) is 12.4. The number of benzene rings is 2. The fourth-order valence-corrected chi connectivity index (χ4v) is 4.38. The molecular formula is C20H13Br2N3O3. The first kappa shape index (κ1) is 18.6. The lowest BCUT2D eigenvalue weighted by atomic mass is 9.98. The maximum absolute atomic E-state index is 13.3. The second-order valence-electron chi connectivity index (χ2n) is 6.05. The van der Waals surface area contributed by atoms with Crippen molar-refractivity contribution in [2.45, 2.75) is 0 Å². The van der Waals surface area contributed by atoms with Crippen LogP contribution in [0.15, 0.2) is 62.5 Å². The highest BCUT2D eigenvalue weighted by Gasteiger charge is 2.23. The first-order valence-electron chi connectivity index (χ1n) is 8.22. The molecule has 0 radical (unpaired) electrons. The summed E-state index contributed by atoms with van der Waals surface area (Å²) < 4.78 is 6.78. The summed E-state index contributed by atoms with van der Waals surface area (Å²) in [7, 11) is 1.57. The molecule has 4 rings (SSSR count). The number of aromatic amines is 2. The molecule has 0 fully saturated rings. The number of hydrogen-bond donors (Lipinski definition) is 2. The van der Waals surface area contributed by atoms with Gasteiger partial charge in [-0.2, -0.15) is 4.98 Å². The molecule has 4 aromatic rings. The van der Waals surface area contributed by atoms with E-state index in [9.17, 15) is 9.59 Å². The van der Waals surface area contributed by atoms with Gasteiger partial charge in [0, 0.05) is 20.1 Å². The Balaban J connectivity index is 1.99. The molecule has 0 spiro atoms. The number of rotatable bonds is 4. The third-order valence-corrected chi connectivity index (χ3v) is 5.25. The van der Waals surface area contributed by atoms with Gasteiger partial charge in [-0.05, 0) is 48.0 Å². The van der Waals surface area contributed by atoms with Gasteiger partial charge in [0.25, 0.3) is 5.56 Å². The van der Waals surface area contributed by atoms with Crippen molar-refractivity contribution in [2.75, 3.05) is 7.11 Å². The molecule has 0 amide bonds. The zero-order chi connectivity index (χ0) is 19.8. The monoisotopic (exact) mass is 501 g/mol. The predicted molar refractivity (Wildman–Crippen MR) is 114 cm³/mol. The second kappa shape index (κ2) is 7.37. The topological polar surface area (TPSA) is 87.8 Å². The number of carbonyl (C=O) groups excluding carboxylic acids is 1. The highest BCUT2D eigenvalue weighted by atomic mass is 79.9. The molecule has 0 aliphatic heterocycles. The van der Waals surface area contributed by atoms with Gasteiger partial charge >= 0.3 is 0 Å². The Hall–Kier alpha value is -2.71. The van der Waals surface area contributed by atoms with Crippen LogP contribution in [0.3, 0.4) is 0 Å². The Kier molecular flexibility index (Phi) is 4.91. The SMILES string of the molecule is COc1ccc(C(=O)c2[nH]c3[nH]cnc(=O)c3c2-c2cc(Br)cc(Br)c2)cc1. The molecule has 0 atom stereocenters.